The maximum atomic E-state index is 8.12. The van der Waals surface area contributed by atoms with Crippen LogP contribution < -0.4 is 5.73 Å². The van der Waals surface area contributed by atoms with Crippen LogP contribution in [0.15, 0.2) is 54.9 Å². The lowest BCUT2D eigenvalue weighted by molar-refractivity contribution is 0.834. The molecule has 0 radical (unpaired) electrons. The molecular formula is C19H17N7S. The second-order valence-corrected chi connectivity index (χ2v) is 7.09. The van der Waals surface area contributed by atoms with Crippen molar-refractivity contribution in [2.24, 2.45) is 5.73 Å². The molecule has 0 aliphatic carbocycles. The van der Waals surface area contributed by atoms with Crippen molar-refractivity contribution < 1.29 is 0 Å². The summed E-state index contributed by atoms with van der Waals surface area (Å²) in [5.74, 6) is 0.742. The monoisotopic (exact) mass is 375 g/mol. The minimum atomic E-state index is -0.0988. The lowest BCUT2D eigenvalue weighted by Crippen LogP contribution is -2.08. The third-order valence-corrected chi connectivity index (χ3v) is 4.78. The SMILES string of the molecule is Cc1ccn(-c2cccc(-c3c[nH]c4ccc(C(=N)SC(=N)N)cc34)n2)n1. The Kier molecular flexibility index (Phi) is 4.25. The molecule has 0 aliphatic rings. The molecule has 3 aromatic heterocycles. The fraction of sp³-hybridized carbons (Fsp3) is 0.0526. The Morgan fingerprint density at radius 2 is 2.04 bits per heavy atom. The lowest BCUT2D eigenvalue weighted by Gasteiger charge is -2.06. The van der Waals surface area contributed by atoms with Gasteiger partial charge in [0.2, 0.25) is 0 Å². The maximum absolute atomic E-state index is 8.12. The predicted molar refractivity (Wildman–Crippen MR) is 110 cm³/mol. The lowest BCUT2D eigenvalue weighted by atomic mass is 10.1. The molecule has 7 nitrogen and oxygen atoms in total. The standard InChI is InChI=1S/C19H17N7S/c1-11-7-8-26(25-11)17-4-2-3-16(24-17)14-10-23-15-6-5-12(9-13(14)15)18(20)27-19(21)22/h2-10,20,23H,1H3,(H3,21,22). The highest BCUT2D eigenvalue weighted by molar-refractivity contribution is 8.26. The number of nitrogens with zero attached hydrogens (tertiary/aromatic N) is 3. The molecule has 0 spiro atoms. The third kappa shape index (κ3) is 3.34. The second kappa shape index (κ2) is 6.73. The van der Waals surface area contributed by atoms with Crippen LogP contribution in [0.1, 0.15) is 11.3 Å². The Morgan fingerprint density at radius 3 is 2.78 bits per heavy atom. The van der Waals surface area contributed by atoms with Gasteiger partial charge >= 0.3 is 0 Å². The molecule has 5 N–H and O–H groups in total. The first-order chi connectivity index (χ1) is 13.0. The van der Waals surface area contributed by atoms with Crippen molar-refractivity contribution >= 4 is 32.9 Å². The van der Waals surface area contributed by atoms with E-state index in [4.69, 9.17) is 21.5 Å². The molecule has 0 aliphatic heterocycles. The van der Waals surface area contributed by atoms with E-state index < -0.39 is 0 Å². The number of hydrogen-bond donors (Lipinski definition) is 4. The van der Waals surface area contributed by atoms with E-state index in [-0.39, 0.29) is 10.2 Å². The minimum Gasteiger partial charge on any atom is -0.378 e. The van der Waals surface area contributed by atoms with Gasteiger partial charge in [-0.15, -0.1) is 0 Å². The molecule has 27 heavy (non-hydrogen) atoms. The first-order valence-corrected chi connectivity index (χ1v) is 9.05. The fourth-order valence-corrected chi connectivity index (χ4v) is 3.35. The van der Waals surface area contributed by atoms with E-state index in [2.05, 4.69) is 10.1 Å². The molecule has 0 atom stereocenters. The summed E-state index contributed by atoms with van der Waals surface area (Å²) in [5.41, 5.74) is 9.75. The van der Waals surface area contributed by atoms with Gasteiger partial charge in [0.25, 0.3) is 0 Å². The van der Waals surface area contributed by atoms with E-state index in [1.165, 1.54) is 0 Å². The third-order valence-electron chi connectivity index (χ3n) is 4.12. The maximum Gasteiger partial charge on any atom is 0.157 e. The fourth-order valence-electron chi connectivity index (χ4n) is 2.89. The van der Waals surface area contributed by atoms with Gasteiger partial charge in [-0.1, -0.05) is 12.1 Å². The number of nitrogens with two attached hydrogens (primary N) is 1. The molecule has 134 valence electrons. The zero-order valence-electron chi connectivity index (χ0n) is 14.5. The Bertz CT molecular complexity index is 1170. The number of benzene rings is 1. The topological polar surface area (TPSA) is 120 Å². The summed E-state index contributed by atoms with van der Waals surface area (Å²) >= 11 is 0.929. The number of H-pyrrole nitrogens is 1. The van der Waals surface area contributed by atoms with Crippen LogP contribution in [0.2, 0.25) is 0 Å². The molecule has 0 unspecified atom stereocenters. The van der Waals surface area contributed by atoms with E-state index in [1.54, 1.807) is 4.68 Å². The smallest absolute Gasteiger partial charge is 0.157 e. The molecule has 0 amide bonds. The van der Waals surface area contributed by atoms with Crippen LogP contribution in [-0.2, 0) is 0 Å². The largest absolute Gasteiger partial charge is 0.378 e. The molecule has 0 fully saturated rings. The number of rotatable bonds is 3. The van der Waals surface area contributed by atoms with Gasteiger partial charge in [0, 0.05) is 34.4 Å². The van der Waals surface area contributed by atoms with Gasteiger partial charge in [0.1, 0.15) is 5.04 Å². The van der Waals surface area contributed by atoms with Crippen molar-refractivity contribution in [3.63, 3.8) is 0 Å². The van der Waals surface area contributed by atoms with Crippen molar-refractivity contribution in [2.45, 2.75) is 6.92 Å². The van der Waals surface area contributed by atoms with Crippen LogP contribution in [0.4, 0.5) is 0 Å². The van der Waals surface area contributed by atoms with Gasteiger partial charge in [-0.2, -0.15) is 5.10 Å². The number of hydrogen-bond acceptors (Lipinski definition) is 5. The first kappa shape index (κ1) is 17.0. The van der Waals surface area contributed by atoms with Crippen molar-refractivity contribution in [3.05, 3.63) is 66.1 Å². The molecule has 3 heterocycles. The summed E-state index contributed by atoms with van der Waals surface area (Å²) in [6.07, 6.45) is 3.80. The number of fused-ring (bicyclic) bond motifs is 1. The second-order valence-electron chi connectivity index (χ2n) is 6.04. The van der Waals surface area contributed by atoms with Gasteiger partial charge < -0.3 is 10.7 Å². The molecule has 0 saturated heterocycles. The number of aromatic amines is 1. The van der Waals surface area contributed by atoms with Crippen molar-refractivity contribution in [1.82, 2.24) is 19.7 Å². The number of aromatic nitrogens is 4. The van der Waals surface area contributed by atoms with Crippen LogP contribution in [0.3, 0.4) is 0 Å². The Balaban J connectivity index is 1.78. The summed E-state index contributed by atoms with van der Waals surface area (Å²) in [7, 11) is 0. The van der Waals surface area contributed by atoms with E-state index >= 15 is 0 Å². The van der Waals surface area contributed by atoms with Gasteiger partial charge in [0.15, 0.2) is 11.0 Å². The normalized spacial score (nSPS) is 11.0. The van der Waals surface area contributed by atoms with Crippen LogP contribution >= 0.6 is 11.8 Å². The molecule has 4 aromatic rings. The molecule has 4 rings (SSSR count). The molecular weight excluding hydrogens is 358 g/mol. The van der Waals surface area contributed by atoms with Crippen LogP contribution in [0, 0.1) is 17.7 Å². The minimum absolute atomic E-state index is 0.0988. The van der Waals surface area contributed by atoms with Crippen molar-refractivity contribution in [3.8, 4) is 17.1 Å². The van der Waals surface area contributed by atoms with E-state index in [0.29, 0.717) is 5.56 Å². The van der Waals surface area contributed by atoms with Gasteiger partial charge in [0.05, 0.1) is 11.4 Å². The first-order valence-electron chi connectivity index (χ1n) is 8.23. The highest BCUT2D eigenvalue weighted by Crippen LogP contribution is 2.29. The van der Waals surface area contributed by atoms with E-state index in [9.17, 15) is 0 Å². The van der Waals surface area contributed by atoms with E-state index in [1.807, 2.05) is 61.8 Å². The molecule has 0 bridgehead atoms. The number of thioether (sulfide) groups is 1. The Hall–Kier alpha value is -3.39. The van der Waals surface area contributed by atoms with Crippen LogP contribution in [0.5, 0.6) is 0 Å². The number of aryl methyl sites for hydroxylation is 1. The zero-order chi connectivity index (χ0) is 19.0. The Morgan fingerprint density at radius 1 is 1.19 bits per heavy atom. The number of amidine groups is 1. The zero-order valence-corrected chi connectivity index (χ0v) is 15.3. The van der Waals surface area contributed by atoms with Gasteiger partial charge in [-0.3, -0.25) is 10.8 Å². The average molecular weight is 375 g/mol. The Labute approximate surface area is 159 Å². The van der Waals surface area contributed by atoms with Crippen molar-refractivity contribution in [2.75, 3.05) is 0 Å². The van der Waals surface area contributed by atoms with Crippen LogP contribution in [0.25, 0.3) is 28.0 Å². The van der Waals surface area contributed by atoms with E-state index in [0.717, 1.165) is 45.4 Å². The van der Waals surface area contributed by atoms with Crippen molar-refractivity contribution in [1.29, 1.82) is 10.8 Å². The van der Waals surface area contributed by atoms with Crippen LogP contribution in [-0.4, -0.2) is 30.0 Å². The summed E-state index contributed by atoms with van der Waals surface area (Å²) in [4.78, 5) is 7.99. The highest BCUT2D eigenvalue weighted by Gasteiger charge is 2.12. The summed E-state index contributed by atoms with van der Waals surface area (Å²) < 4.78 is 1.75. The average Bonchev–Trinajstić information content (AvgIpc) is 3.27. The quantitative estimate of drug-likeness (QED) is 0.322. The predicted octanol–water partition coefficient (Wildman–Crippen LogP) is 3.68. The summed E-state index contributed by atoms with van der Waals surface area (Å²) in [5, 5.41) is 21.0. The molecule has 1 aromatic carbocycles. The highest BCUT2D eigenvalue weighted by atomic mass is 32.2. The summed E-state index contributed by atoms with van der Waals surface area (Å²) in [6, 6.07) is 13.4. The van der Waals surface area contributed by atoms with Gasteiger partial charge in [-0.25, -0.2) is 9.67 Å². The van der Waals surface area contributed by atoms with Gasteiger partial charge in [-0.05, 0) is 49.0 Å². The molecule has 8 heteroatoms. The number of pyridine rings is 1. The number of nitrogens with one attached hydrogen (secondary N) is 3. The molecule has 0 saturated carbocycles. The summed E-state index contributed by atoms with van der Waals surface area (Å²) in [6.45, 7) is 1.94.